The van der Waals surface area contributed by atoms with Gasteiger partial charge < -0.3 is 0 Å². The van der Waals surface area contributed by atoms with Crippen molar-refractivity contribution in [1.82, 2.24) is 0 Å². The molecule has 2 heteroatoms. The van der Waals surface area contributed by atoms with Crippen LogP contribution in [0.4, 0.5) is 0 Å². The van der Waals surface area contributed by atoms with Gasteiger partial charge in [-0.05, 0) is 47.2 Å². The third kappa shape index (κ3) is 4.37. The van der Waals surface area contributed by atoms with E-state index in [4.69, 9.17) is 15.7 Å². The first-order chi connectivity index (χ1) is 12.0. The van der Waals surface area contributed by atoms with Gasteiger partial charge in [-0.3, -0.25) is 0 Å². The van der Waals surface area contributed by atoms with Crippen LogP contribution in [0.25, 0.3) is 17.7 Å². The van der Waals surface area contributed by atoms with Gasteiger partial charge >= 0.3 is 0 Å². The molecule has 0 atom stereocenters. The molecule has 0 saturated carbocycles. The van der Waals surface area contributed by atoms with Crippen LogP contribution in [-0.4, -0.2) is 15.7 Å². The molecule has 0 unspecified atom stereocenters. The van der Waals surface area contributed by atoms with Gasteiger partial charge in [-0.2, -0.15) is 0 Å². The molecule has 0 nitrogen and oxygen atoms in total. The van der Waals surface area contributed by atoms with E-state index in [2.05, 4.69) is 19.2 Å². The number of hydrogen-bond donors (Lipinski definition) is 0. The Bertz CT molecular complexity index is 686. The summed E-state index contributed by atoms with van der Waals surface area (Å²) in [5.74, 6) is 0. The molecule has 1 aliphatic carbocycles. The van der Waals surface area contributed by atoms with Crippen molar-refractivity contribution in [3.63, 3.8) is 0 Å². The standard InChI is InChI=1S/C19H18B2.2C2H6/c1-5-9-14-13(7-3)11-12-16-15(10-6-2)17(8-4)19(20,21)18(14)16;2*1-2/h5-12H,3-4H2,1-2H3;2*1-2H3/b9-5-,10-6-;;. The van der Waals surface area contributed by atoms with Gasteiger partial charge in [0.25, 0.3) is 0 Å². The molecule has 1 aromatic rings. The summed E-state index contributed by atoms with van der Waals surface area (Å²) in [5, 5.41) is -1.04. The van der Waals surface area contributed by atoms with Crippen LogP contribution >= 0.6 is 0 Å². The van der Waals surface area contributed by atoms with Crippen molar-refractivity contribution in [2.45, 2.75) is 46.8 Å². The van der Waals surface area contributed by atoms with Crippen molar-refractivity contribution >= 4 is 33.4 Å². The van der Waals surface area contributed by atoms with Crippen molar-refractivity contribution in [3.8, 4) is 0 Å². The molecule has 0 heterocycles. The monoisotopic (exact) mass is 328 g/mol. The maximum Gasteiger partial charge on any atom is 0.0746 e. The lowest BCUT2D eigenvalue weighted by molar-refractivity contribution is 1.06. The zero-order valence-corrected chi connectivity index (χ0v) is 16.7. The van der Waals surface area contributed by atoms with E-state index in [-0.39, 0.29) is 0 Å². The summed E-state index contributed by atoms with van der Waals surface area (Å²) in [6.07, 6.45) is 11.6. The van der Waals surface area contributed by atoms with Crippen LogP contribution in [0.2, 0.25) is 0 Å². The first-order valence-electron chi connectivity index (χ1n) is 9.03. The molecule has 0 aliphatic heterocycles. The second kappa shape index (κ2) is 10.8. The highest BCUT2D eigenvalue weighted by molar-refractivity contribution is 6.45. The van der Waals surface area contributed by atoms with Crippen LogP contribution in [-0.2, 0) is 5.21 Å². The Balaban J connectivity index is 0.00000134. The van der Waals surface area contributed by atoms with E-state index in [1.165, 1.54) is 0 Å². The van der Waals surface area contributed by atoms with Crippen molar-refractivity contribution in [3.05, 3.63) is 77.4 Å². The van der Waals surface area contributed by atoms with E-state index in [0.29, 0.717) is 0 Å². The van der Waals surface area contributed by atoms with Gasteiger partial charge in [0, 0.05) is 0 Å². The quantitative estimate of drug-likeness (QED) is 0.558. The average molecular weight is 328 g/mol. The number of fused-ring (bicyclic) bond motifs is 1. The van der Waals surface area contributed by atoms with E-state index in [0.717, 1.165) is 33.4 Å². The lowest BCUT2D eigenvalue weighted by Crippen LogP contribution is -2.27. The molecule has 0 aromatic heterocycles. The summed E-state index contributed by atoms with van der Waals surface area (Å²) < 4.78 is 0. The van der Waals surface area contributed by atoms with Crippen LogP contribution in [0.5, 0.6) is 0 Å². The van der Waals surface area contributed by atoms with Crippen molar-refractivity contribution in [2.75, 3.05) is 0 Å². The van der Waals surface area contributed by atoms with Gasteiger partial charge in [-0.25, -0.2) is 0 Å². The fourth-order valence-electron chi connectivity index (χ4n) is 2.96. The molecule has 0 amide bonds. The van der Waals surface area contributed by atoms with E-state index < -0.39 is 5.21 Å². The Kier molecular flexibility index (Phi) is 9.98. The highest BCUT2D eigenvalue weighted by atomic mass is 14.3. The lowest BCUT2D eigenvalue weighted by atomic mass is 9.48. The molecular formula is C23H30B2. The molecule has 1 aromatic carbocycles. The predicted molar refractivity (Wildman–Crippen MR) is 119 cm³/mol. The maximum atomic E-state index is 6.47. The van der Waals surface area contributed by atoms with Crippen LogP contribution in [0.3, 0.4) is 0 Å². The Labute approximate surface area is 157 Å². The third-order valence-corrected chi connectivity index (χ3v) is 3.81. The molecule has 0 spiro atoms. The molecule has 0 fully saturated rings. The number of hydrogen-bond acceptors (Lipinski definition) is 0. The highest BCUT2D eigenvalue weighted by Crippen LogP contribution is 2.46. The predicted octanol–water partition coefficient (Wildman–Crippen LogP) is 6.43. The van der Waals surface area contributed by atoms with Crippen LogP contribution in [0, 0.1) is 0 Å². The molecule has 25 heavy (non-hydrogen) atoms. The van der Waals surface area contributed by atoms with E-state index in [1.807, 2.05) is 78.0 Å². The Hall–Kier alpha value is -1.95. The third-order valence-electron chi connectivity index (χ3n) is 3.81. The smallest absolute Gasteiger partial charge is 0.0746 e. The second-order valence-electron chi connectivity index (χ2n) is 5.10. The number of rotatable bonds is 4. The molecular weight excluding hydrogens is 298 g/mol. The second-order valence-corrected chi connectivity index (χ2v) is 5.10. The van der Waals surface area contributed by atoms with Crippen LogP contribution in [0.1, 0.15) is 63.8 Å². The van der Waals surface area contributed by atoms with Crippen molar-refractivity contribution in [1.29, 1.82) is 0 Å². The summed E-state index contributed by atoms with van der Waals surface area (Å²) in [6, 6.07) is 4.10. The first kappa shape index (κ1) is 23.0. The summed E-state index contributed by atoms with van der Waals surface area (Å²) in [5.41, 5.74) is 5.93. The minimum absolute atomic E-state index is 0.850. The molecule has 0 bridgehead atoms. The van der Waals surface area contributed by atoms with Gasteiger partial charge in [0.05, 0.1) is 15.7 Å². The summed E-state index contributed by atoms with van der Waals surface area (Å²) in [7, 11) is 12.9. The molecule has 0 N–H and O–H groups in total. The largest absolute Gasteiger partial charge is 0.0988 e. The van der Waals surface area contributed by atoms with Crippen molar-refractivity contribution < 1.29 is 0 Å². The molecule has 1 aliphatic rings. The Morgan fingerprint density at radius 1 is 0.880 bits per heavy atom. The Morgan fingerprint density at radius 3 is 1.88 bits per heavy atom. The fraction of sp³-hybridized carbons (Fsp3) is 0.304. The van der Waals surface area contributed by atoms with Gasteiger partial charge in [0.1, 0.15) is 0 Å². The average Bonchev–Trinajstić information content (AvgIpc) is 2.86. The normalized spacial score (nSPS) is 14.5. The molecule has 128 valence electrons. The van der Waals surface area contributed by atoms with Gasteiger partial charge in [0.15, 0.2) is 0 Å². The van der Waals surface area contributed by atoms with Gasteiger partial charge in [-0.15, -0.1) is 0 Å². The van der Waals surface area contributed by atoms with E-state index in [1.54, 1.807) is 6.08 Å². The number of allylic oxidation sites excluding steroid dienone is 6. The summed E-state index contributed by atoms with van der Waals surface area (Å²) >= 11 is 0. The van der Waals surface area contributed by atoms with Crippen LogP contribution in [0.15, 0.2) is 55.2 Å². The lowest BCUT2D eigenvalue weighted by Gasteiger charge is -2.26. The minimum atomic E-state index is -1.04. The minimum Gasteiger partial charge on any atom is -0.0988 e. The van der Waals surface area contributed by atoms with Gasteiger partial charge in [0.2, 0.25) is 0 Å². The van der Waals surface area contributed by atoms with E-state index >= 15 is 0 Å². The summed E-state index contributed by atoms with van der Waals surface area (Å²) in [4.78, 5) is 0. The summed E-state index contributed by atoms with van der Waals surface area (Å²) in [6.45, 7) is 19.7. The molecule has 0 saturated heterocycles. The van der Waals surface area contributed by atoms with Crippen LogP contribution < -0.4 is 0 Å². The van der Waals surface area contributed by atoms with E-state index in [9.17, 15) is 0 Å². The highest BCUT2D eigenvalue weighted by Gasteiger charge is 2.36. The molecule has 4 radical (unpaired) electrons. The topological polar surface area (TPSA) is 0 Å². The maximum absolute atomic E-state index is 6.47. The van der Waals surface area contributed by atoms with Gasteiger partial charge in [-0.1, -0.05) is 94.7 Å². The SMILES string of the molecule is CC.CC.[B]C1([B])C(C=C)=C(/C=C\C)c2ccc(C=C)c(/C=C\C)c21. The Morgan fingerprint density at radius 2 is 1.44 bits per heavy atom. The zero-order valence-electron chi connectivity index (χ0n) is 16.7. The first-order valence-corrected chi connectivity index (χ1v) is 9.03. The van der Waals surface area contributed by atoms with Crippen molar-refractivity contribution in [2.24, 2.45) is 0 Å². The fourth-order valence-corrected chi connectivity index (χ4v) is 2.96. The zero-order chi connectivity index (χ0) is 19.6. The number of benzene rings is 1. The molecule has 2 rings (SSSR count).